The highest BCUT2D eigenvalue weighted by Gasteiger charge is 2.03. The summed E-state index contributed by atoms with van der Waals surface area (Å²) in [5.74, 6) is 0.219. The van der Waals surface area contributed by atoms with Crippen LogP contribution < -0.4 is 4.74 Å². The molecule has 2 aromatic rings. The number of halogens is 1. The molecule has 0 fully saturated rings. The molecule has 102 valence electrons. The Bertz CT molecular complexity index is 668. The summed E-state index contributed by atoms with van der Waals surface area (Å²) in [4.78, 5) is 14.5. The molecule has 1 aromatic heterocycles. The van der Waals surface area contributed by atoms with E-state index in [0.717, 1.165) is 16.1 Å². The summed E-state index contributed by atoms with van der Waals surface area (Å²) in [6, 6.07) is 7.48. The molecule has 1 heterocycles. The highest BCUT2D eigenvalue weighted by atomic mass is 79.9. The van der Waals surface area contributed by atoms with Gasteiger partial charge in [0, 0.05) is 12.3 Å². The minimum absolute atomic E-state index is 0.544. The Hall–Kier alpha value is -2.14. The van der Waals surface area contributed by atoms with Gasteiger partial charge in [0.25, 0.3) is 0 Å². The molecule has 0 aliphatic heterocycles. The molecule has 4 nitrogen and oxygen atoms in total. The Balaban J connectivity index is 2.21. The minimum atomic E-state index is -1.00. The highest BCUT2D eigenvalue weighted by Crippen LogP contribution is 2.30. The second-order valence-corrected chi connectivity index (χ2v) is 5.02. The third-order valence-corrected chi connectivity index (χ3v) is 3.09. The maximum Gasteiger partial charge on any atom is 0.328 e. The summed E-state index contributed by atoms with van der Waals surface area (Å²) in [6.45, 7) is 1.99. The fraction of sp³-hybridized carbons (Fsp3) is 0.0667. The third-order valence-electron chi connectivity index (χ3n) is 2.47. The largest absolute Gasteiger partial charge is 0.478 e. The molecule has 5 heteroatoms. The molecule has 1 aromatic carbocycles. The molecule has 0 unspecified atom stereocenters. The molecular formula is C15H12BrNO3. The monoisotopic (exact) mass is 333 g/mol. The predicted octanol–water partition coefficient (Wildman–Crippen LogP) is 4.04. The smallest absolute Gasteiger partial charge is 0.328 e. The molecule has 0 radical (unpaired) electrons. The molecule has 0 aliphatic rings. The number of carboxylic acid groups (broad SMARTS) is 1. The third kappa shape index (κ3) is 3.93. The SMILES string of the molecule is Cc1ccc(Oc2cncc(/C=C/C(=O)O)c2)c(Br)c1. The van der Waals surface area contributed by atoms with Gasteiger partial charge in [-0.1, -0.05) is 6.07 Å². The zero-order chi connectivity index (χ0) is 14.5. The van der Waals surface area contributed by atoms with E-state index in [-0.39, 0.29) is 0 Å². The average molecular weight is 334 g/mol. The zero-order valence-corrected chi connectivity index (χ0v) is 12.3. The average Bonchev–Trinajstić information content (AvgIpc) is 2.40. The van der Waals surface area contributed by atoms with Crippen molar-refractivity contribution in [1.82, 2.24) is 4.98 Å². The summed E-state index contributed by atoms with van der Waals surface area (Å²) < 4.78 is 6.57. The molecule has 0 aliphatic carbocycles. The van der Waals surface area contributed by atoms with Crippen LogP contribution in [0.3, 0.4) is 0 Å². The number of aliphatic carboxylic acids is 1. The van der Waals surface area contributed by atoms with Gasteiger partial charge in [-0.2, -0.15) is 0 Å². The maximum absolute atomic E-state index is 10.5. The van der Waals surface area contributed by atoms with Crippen LogP contribution in [0.4, 0.5) is 0 Å². The van der Waals surface area contributed by atoms with Crippen molar-refractivity contribution in [2.24, 2.45) is 0 Å². The standard InChI is InChI=1S/C15H12BrNO3/c1-10-2-4-14(13(16)6-10)20-12-7-11(8-17-9-12)3-5-15(18)19/h2-9H,1H3,(H,18,19)/b5-3+. The minimum Gasteiger partial charge on any atom is -0.478 e. The molecule has 0 spiro atoms. The predicted molar refractivity (Wildman–Crippen MR) is 79.9 cm³/mol. The highest BCUT2D eigenvalue weighted by molar-refractivity contribution is 9.10. The fourth-order valence-electron chi connectivity index (χ4n) is 1.57. The summed E-state index contributed by atoms with van der Waals surface area (Å²) in [5, 5.41) is 8.60. The van der Waals surface area contributed by atoms with Crippen molar-refractivity contribution >= 4 is 28.0 Å². The van der Waals surface area contributed by atoms with Crippen LogP contribution in [-0.2, 0) is 4.79 Å². The Morgan fingerprint density at radius 3 is 2.85 bits per heavy atom. The van der Waals surface area contributed by atoms with E-state index >= 15 is 0 Å². The topological polar surface area (TPSA) is 59.4 Å². The van der Waals surface area contributed by atoms with Crippen molar-refractivity contribution in [2.45, 2.75) is 6.92 Å². The molecule has 0 saturated heterocycles. The van der Waals surface area contributed by atoms with E-state index in [1.807, 2.05) is 25.1 Å². The number of hydrogen-bond acceptors (Lipinski definition) is 3. The number of carbonyl (C=O) groups is 1. The van der Waals surface area contributed by atoms with Crippen molar-refractivity contribution in [3.8, 4) is 11.5 Å². The summed E-state index contributed by atoms with van der Waals surface area (Å²) >= 11 is 3.44. The first kappa shape index (κ1) is 14.3. The van der Waals surface area contributed by atoms with Gasteiger partial charge in [0.1, 0.15) is 11.5 Å². The number of nitrogens with zero attached hydrogens (tertiary/aromatic N) is 1. The number of aryl methyl sites for hydroxylation is 1. The number of ether oxygens (including phenoxy) is 1. The van der Waals surface area contributed by atoms with Gasteiger partial charge in [0.2, 0.25) is 0 Å². The van der Waals surface area contributed by atoms with Crippen LogP contribution in [0.5, 0.6) is 11.5 Å². The molecule has 20 heavy (non-hydrogen) atoms. The quantitative estimate of drug-likeness (QED) is 0.857. The number of hydrogen-bond donors (Lipinski definition) is 1. The Kier molecular flexibility index (Phi) is 4.53. The van der Waals surface area contributed by atoms with Crippen LogP contribution in [0.1, 0.15) is 11.1 Å². The Morgan fingerprint density at radius 1 is 1.35 bits per heavy atom. The van der Waals surface area contributed by atoms with Crippen molar-refractivity contribution in [2.75, 3.05) is 0 Å². The van der Waals surface area contributed by atoms with Gasteiger partial charge in [-0.05, 0) is 58.3 Å². The zero-order valence-electron chi connectivity index (χ0n) is 10.7. The molecule has 0 atom stereocenters. The number of carboxylic acids is 1. The molecule has 0 amide bonds. The van der Waals surface area contributed by atoms with E-state index in [1.54, 1.807) is 18.5 Å². The lowest BCUT2D eigenvalue weighted by molar-refractivity contribution is -0.131. The molecule has 0 bridgehead atoms. The van der Waals surface area contributed by atoms with E-state index in [4.69, 9.17) is 9.84 Å². The first-order chi connectivity index (χ1) is 9.54. The van der Waals surface area contributed by atoms with Crippen LogP contribution in [0, 0.1) is 6.92 Å². The Labute approximate surface area is 124 Å². The van der Waals surface area contributed by atoms with Crippen LogP contribution in [0.25, 0.3) is 6.08 Å². The Morgan fingerprint density at radius 2 is 2.15 bits per heavy atom. The fourth-order valence-corrected chi connectivity index (χ4v) is 2.14. The van der Waals surface area contributed by atoms with E-state index in [0.29, 0.717) is 17.1 Å². The van der Waals surface area contributed by atoms with E-state index in [9.17, 15) is 4.79 Å². The van der Waals surface area contributed by atoms with Crippen LogP contribution in [-0.4, -0.2) is 16.1 Å². The lowest BCUT2D eigenvalue weighted by Gasteiger charge is -2.08. The van der Waals surface area contributed by atoms with Crippen molar-refractivity contribution in [3.05, 3.63) is 58.3 Å². The molecule has 1 N–H and O–H groups in total. The van der Waals surface area contributed by atoms with Gasteiger partial charge >= 0.3 is 5.97 Å². The summed E-state index contributed by atoms with van der Waals surface area (Å²) in [5.41, 5.74) is 1.79. The first-order valence-corrected chi connectivity index (χ1v) is 6.64. The van der Waals surface area contributed by atoms with Gasteiger partial charge in [-0.25, -0.2) is 4.79 Å². The number of pyridine rings is 1. The summed E-state index contributed by atoms with van der Waals surface area (Å²) in [7, 11) is 0. The van der Waals surface area contributed by atoms with Crippen LogP contribution in [0.2, 0.25) is 0 Å². The van der Waals surface area contributed by atoms with Gasteiger partial charge in [0.15, 0.2) is 0 Å². The second kappa shape index (κ2) is 6.34. The number of aromatic nitrogens is 1. The lowest BCUT2D eigenvalue weighted by Crippen LogP contribution is -1.89. The molecule has 0 saturated carbocycles. The van der Waals surface area contributed by atoms with E-state index in [2.05, 4.69) is 20.9 Å². The van der Waals surface area contributed by atoms with Crippen molar-refractivity contribution < 1.29 is 14.6 Å². The van der Waals surface area contributed by atoms with Crippen LogP contribution >= 0.6 is 15.9 Å². The van der Waals surface area contributed by atoms with Gasteiger partial charge in [-0.3, -0.25) is 4.98 Å². The normalized spacial score (nSPS) is 10.7. The second-order valence-electron chi connectivity index (χ2n) is 4.16. The lowest BCUT2D eigenvalue weighted by atomic mass is 10.2. The van der Waals surface area contributed by atoms with Crippen molar-refractivity contribution in [1.29, 1.82) is 0 Å². The van der Waals surface area contributed by atoms with E-state index in [1.165, 1.54) is 6.08 Å². The van der Waals surface area contributed by atoms with Gasteiger partial charge < -0.3 is 9.84 Å². The number of benzene rings is 1. The molecule has 2 rings (SSSR count). The van der Waals surface area contributed by atoms with Crippen LogP contribution in [0.15, 0.2) is 47.2 Å². The van der Waals surface area contributed by atoms with E-state index < -0.39 is 5.97 Å². The van der Waals surface area contributed by atoms with Crippen molar-refractivity contribution in [3.63, 3.8) is 0 Å². The first-order valence-electron chi connectivity index (χ1n) is 5.84. The molecular weight excluding hydrogens is 322 g/mol. The van der Waals surface area contributed by atoms with Gasteiger partial charge in [-0.15, -0.1) is 0 Å². The summed E-state index contributed by atoms with van der Waals surface area (Å²) in [6.07, 6.45) is 5.66. The van der Waals surface area contributed by atoms with Gasteiger partial charge in [0.05, 0.1) is 10.7 Å². The number of rotatable bonds is 4. The maximum atomic E-state index is 10.5.